The van der Waals surface area contributed by atoms with Gasteiger partial charge in [0, 0.05) is 22.0 Å². The lowest BCUT2D eigenvalue weighted by molar-refractivity contribution is 0.0953. The Bertz CT molecular complexity index is 1000. The zero-order valence-electron chi connectivity index (χ0n) is 14.7. The van der Waals surface area contributed by atoms with Crippen molar-refractivity contribution in [2.75, 3.05) is 7.11 Å². The summed E-state index contributed by atoms with van der Waals surface area (Å²) < 4.78 is 8.13. The molecule has 2 aromatic carbocycles. The van der Waals surface area contributed by atoms with Crippen LogP contribution >= 0.6 is 27.3 Å². The van der Waals surface area contributed by atoms with Crippen LogP contribution in [0, 0.1) is 0 Å². The zero-order valence-corrected chi connectivity index (χ0v) is 17.1. The van der Waals surface area contributed by atoms with Crippen molar-refractivity contribution in [3.8, 4) is 17.0 Å². The maximum atomic E-state index is 12.3. The lowest BCUT2D eigenvalue weighted by Gasteiger charge is -2.07. The number of carbonyl (C=O) groups excluding carboxylic acids is 1. The first kappa shape index (κ1) is 19.1. The molecule has 27 heavy (non-hydrogen) atoms. The Morgan fingerprint density at radius 2 is 1.96 bits per heavy atom. The molecule has 1 heterocycles. The van der Waals surface area contributed by atoms with E-state index in [2.05, 4.69) is 33.0 Å². The number of carbonyl (C=O) groups is 1. The second kappa shape index (κ2) is 8.83. The van der Waals surface area contributed by atoms with E-state index in [1.165, 1.54) is 11.3 Å². The monoisotopic (exact) mass is 443 g/mol. The number of aromatic nitrogens is 1. The summed E-state index contributed by atoms with van der Waals surface area (Å²) in [5, 5.41) is 6.31. The minimum absolute atomic E-state index is 0.257. The molecule has 5 nitrogen and oxygen atoms in total. The Balaban J connectivity index is 1.89. The SMILES string of the molecule is C=CCn1c(-c2ccc(OC)cc2)cs/c1=N/NC(=O)c1ccc(Br)cc1. The molecule has 0 atom stereocenters. The number of nitrogens with zero attached hydrogens (tertiary/aromatic N) is 2. The minimum Gasteiger partial charge on any atom is -0.497 e. The molecule has 3 aromatic rings. The lowest BCUT2D eigenvalue weighted by atomic mass is 10.1. The molecule has 7 heteroatoms. The molecule has 3 rings (SSSR count). The third-order valence-electron chi connectivity index (χ3n) is 3.85. The number of rotatable bonds is 6. The number of ether oxygens (including phenoxy) is 1. The van der Waals surface area contributed by atoms with Crippen molar-refractivity contribution in [3.63, 3.8) is 0 Å². The molecular formula is C20H18BrN3O2S. The van der Waals surface area contributed by atoms with Crippen LogP contribution in [0.3, 0.4) is 0 Å². The first-order valence-corrected chi connectivity index (χ1v) is 9.83. The number of halogens is 1. The van der Waals surface area contributed by atoms with Gasteiger partial charge < -0.3 is 9.30 Å². The maximum absolute atomic E-state index is 12.3. The fraction of sp³-hybridized carbons (Fsp3) is 0.100. The smallest absolute Gasteiger partial charge is 0.271 e. The molecule has 0 aliphatic carbocycles. The third kappa shape index (κ3) is 4.56. The van der Waals surface area contributed by atoms with Crippen LogP contribution < -0.4 is 15.0 Å². The number of amides is 1. The van der Waals surface area contributed by atoms with Gasteiger partial charge in [-0.3, -0.25) is 4.79 Å². The highest BCUT2D eigenvalue weighted by atomic mass is 79.9. The van der Waals surface area contributed by atoms with Gasteiger partial charge in [0.25, 0.3) is 5.91 Å². The topological polar surface area (TPSA) is 55.6 Å². The highest BCUT2D eigenvalue weighted by molar-refractivity contribution is 9.10. The van der Waals surface area contributed by atoms with E-state index in [0.717, 1.165) is 21.5 Å². The molecule has 0 aliphatic heterocycles. The van der Waals surface area contributed by atoms with Crippen LogP contribution in [0.2, 0.25) is 0 Å². The highest BCUT2D eigenvalue weighted by Crippen LogP contribution is 2.23. The largest absolute Gasteiger partial charge is 0.497 e. The van der Waals surface area contributed by atoms with E-state index in [1.807, 2.05) is 46.3 Å². The summed E-state index contributed by atoms with van der Waals surface area (Å²) in [5.41, 5.74) is 5.20. The van der Waals surface area contributed by atoms with Crippen molar-refractivity contribution in [2.45, 2.75) is 6.54 Å². The number of nitrogens with one attached hydrogen (secondary N) is 1. The summed E-state index contributed by atoms with van der Waals surface area (Å²) in [6.45, 7) is 4.40. The molecule has 1 amide bonds. The predicted molar refractivity (Wildman–Crippen MR) is 112 cm³/mol. The Morgan fingerprint density at radius 3 is 2.59 bits per heavy atom. The molecule has 138 valence electrons. The molecule has 0 spiro atoms. The van der Waals surface area contributed by atoms with Crippen molar-refractivity contribution >= 4 is 33.2 Å². The second-order valence-electron chi connectivity index (χ2n) is 5.59. The average molecular weight is 444 g/mol. The summed E-state index contributed by atoms with van der Waals surface area (Å²) in [6, 6.07) is 14.9. The molecule has 0 bridgehead atoms. The van der Waals surface area contributed by atoms with Crippen LogP contribution in [0.25, 0.3) is 11.3 Å². The van der Waals surface area contributed by atoms with Gasteiger partial charge in [0.15, 0.2) is 0 Å². The van der Waals surface area contributed by atoms with Gasteiger partial charge >= 0.3 is 0 Å². The Hall–Kier alpha value is -2.64. The number of allylic oxidation sites excluding steroid dienone is 1. The van der Waals surface area contributed by atoms with Gasteiger partial charge in [-0.25, -0.2) is 5.43 Å². The summed E-state index contributed by atoms with van der Waals surface area (Å²) in [5.74, 6) is 0.544. The first-order chi connectivity index (χ1) is 13.1. The summed E-state index contributed by atoms with van der Waals surface area (Å²) >= 11 is 4.81. The quantitative estimate of drug-likeness (QED) is 0.452. The first-order valence-electron chi connectivity index (χ1n) is 8.15. The van der Waals surface area contributed by atoms with Crippen molar-refractivity contribution in [2.24, 2.45) is 5.10 Å². The number of hydrogen-bond donors (Lipinski definition) is 1. The van der Waals surface area contributed by atoms with Gasteiger partial charge in [-0.05, 0) is 54.1 Å². The molecule has 0 saturated heterocycles. The van der Waals surface area contributed by atoms with Gasteiger partial charge in [0.1, 0.15) is 5.75 Å². The standard InChI is InChI=1S/C20H18BrN3O2S/c1-3-12-24-18(14-6-10-17(26-2)11-7-14)13-27-20(24)23-22-19(25)15-4-8-16(21)9-5-15/h3-11,13H,1,12H2,2H3,(H,22,25)/b23-20+. The second-order valence-corrected chi connectivity index (χ2v) is 7.34. The van der Waals surface area contributed by atoms with Crippen molar-refractivity contribution in [1.29, 1.82) is 0 Å². The van der Waals surface area contributed by atoms with Crippen molar-refractivity contribution in [1.82, 2.24) is 9.99 Å². The molecule has 1 aromatic heterocycles. The van der Waals surface area contributed by atoms with E-state index in [4.69, 9.17) is 4.74 Å². The number of methoxy groups -OCH3 is 1. The molecule has 0 unspecified atom stereocenters. The van der Waals surface area contributed by atoms with Gasteiger partial charge in [-0.1, -0.05) is 22.0 Å². The van der Waals surface area contributed by atoms with Gasteiger partial charge in [0.2, 0.25) is 4.80 Å². The normalized spacial score (nSPS) is 11.3. The summed E-state index contributed by atoms with van der Waals surface area (Å²) in [4.78, 5) is 13.0. The van der Waals surface area contributed by atoms with E-state index in [0.29, 0.717) is 16.9 Å². The predicted octanol–water partition coefficient (Wildman–Crippen LogP) is 4.42. The number of benzene rings is 2. The van der Waals surface area contributed by atoms with Gasteiger partial charge in [-0.2, -0.15) is 0 Å². The number of hydrogen-bond acceptors (Lipinski definition) is 4. The maximum Gasteiger partial charge on any atom is 0.271 e. The molecule has 1 N–H and O–H groups in total. The van der Waals surface area contributed by atoms with Crippen LogP contribution in [0.15, 0.2) is 76.1 Å². The number of thiazole rings is 1. The molecule has 0 saturated carbocycles. The zero-order chi connectivity index (χ0) is 19.2. The Kier molecular flexibility index (Phi) is 6.26. The van der Waals surface area contributed by atoms with E-state index >= 15 is 0 Å². The third-order valence-corrected chi connectivity index (χ3v) is 5.25. The molecule has 0 radical (unpaired) electrons. The summed E-state index contributed by atoms with van der Waals surface area (Å²) in [6.07, 6.45) is 1.80. The fourth-order valence-corrected chi connectivity index (χ4v) is 3.62. The van der Waals surface area contributed by atoms with Crippen molar-refractivity contribution in [3.05, 3.63) is 81.4 Å². The lowest BCUT2D eigenvalue weighted by Crippen LogP contribution is -2.24. The van der Waals surface area contributed by atoms with Gasteiger partial charge in [-0.15, -0.1) is 23.0 Å². The molecule has 0 fully saturated rings. The molecule has 0 aliphatic rings. The van der Waals surface area contributed by atoms with E-state index < -0.39 is 0 Å². The van der Waals surface area contributed by atoms with Gasteiger partial charge in [0.05, 0.1) is 12.8 Å². The van der Waals surface area contributed by atoms with Crippen molar-refractivity contribution < 1.29 is 9.53 Å². The summed E-state index contributed by atoms with van der Waals surface area (Å²) in [7, 11) is 1.64. The highest BCUT2D eigenvalue weighted by Gasteiger charge is 2.09. The van der Waals surface area contributed by atoms with E-state index in [1.54, 1.807) is 25.3 Å². The van der Waals surface area contributed by atoms with Crippen LogP contribution in [-0.2, 0) is 6.54 Å². The van der Waals surface area contributed by atoms with E-state index in [9.17, 15) is 4.79 Å². The Morgan fingerprint density at radius 1 is 1.26 bits per heavy atom. The van der Waals surface area contributed by atoms with Crippen LogP contribution in [-0.4, -0.2) is 17.6 Å². The average Bonchev–Trinajstić information content (AvgIpc) is 3.09. The Labute approximate surface area is 169 Å². The van der Waals surface area contributed by atoms with Crippen LogP contribution in [0.5, 0.6) is 5.75 Å². The molecular weight excluding hydrogens is 426 g/mol. The van der Waals surface area contributed by atoms with Crippen LogP contribution in [0.1, 0.15) is 10.4 Å². The minimum atomic E-state index is -0.257. The van der Waals surface area contributed by atoms with E-state index in [-0.39, 0.29) is 5.91 Å². The fourth-order valence-electron chi connectivity index (χ4n) is 2.48. The van der Waals surface area contributed by atoms with Crippen LogP contribution in [0.4, 0.5) is 0 Å².